The Morgan fingerprint density at radius 3 is 1.48 bits per heavy atom. The number of aliphatic hydroxyl groups is 2. The van der Waals surface area contributed by atoms with E-state index in [1.165, 1.54) is 83.5 Å². The van der Waals surface area contributed by atoms with Crippen molar-refractivity contribution in [2.24, 2.45) is 5.73 Å². The summed E-state index contributed by atoms with van der Waals surface area (Å²) in [7, 11) is 0. The van der Waals surface area contributed by atoms with E-state index >= 15 is 0 Å². The Kier molecular flexibility index (Phi) is 18.3. The minimum absolute atomic E-state index is 0.141. The Labute approximate surface area is 167 Å². The molecule has 5 heteroatoms. The number of rotatable bonds is 20. The molecule has 0 rings (SSSR count). The summed E-state index contributed by atoms with van der Waals surface area (Å²) in [6.07, 6.45) is 19.8. The molecular formula is C22H45NO4. The molecule has 0 unspecified atom stereocenters. The smallest absolute Gasteiger partial charge is 0.305 e. The van der Waals surface area contributed by atoms with Crippen LogP contribution in [-0.4, -0.2) is 41.5 Å². The van der Waals surface area contributed by atoms with Crippen molar-refractivity contribution in [3.8, 4) is 0 Å². The van der Waals surface area contributed by atoms with Gasteiger partial charge in [-0.3, -0.25) is 4.79 Å². The first kappa shape index (κ1) is 26.4. The van der Waals surface area contributed by atoms with Crippen molar-refractivity contribution in [2.45, 2.75) is 115 Å². The minimum Gasteiger partial charge on any atom is -0.464 e. The lowest BCUT2D eigenvalue weighted by molar-refractivity contribution is -0.146. The van der Waals surface area contributed by atoms with Gasteiger partial charge in [0.1, 0.15) is 6.61 Å². The van der Waals surface area contributed by atoms with Crippen molar-refractivity contribution in [1.29, 1.82) is 0 Å². The minimum atomic E-state index is -1.23. The van der Waals surface area contributed by atoms with Gasteiger partial charge in [0.2, 0.25) is 0 Å². The molecule has 5 nitrogen and oxygen atoms in total. The average molecular weight is 388 g/mol. The zero-order valence-corrected chi connectivity index (χ0v) is 17.7. The normalized spacial score (nSPS) is 11.7. The van der Waals surface area contributed by atoms with Crippen LogP contribution in [0.15, 0.2) is 0 Å². The summed E-state index contributed by atoms with van der Waals surface area (Å²) in [5, 5.41) is 18.1. The van der Waals surface area contributed by atoms with E-state index in [1.54, 1.807) is 0 Å². The van der Waals surface area contributed by atoms with Crippen LogP contribution in [-0.2, 0) is 9.53 Å². The highest BCUT2D eigenvalue weighted by Crippen LogP contribution is 2.14. The van der Waals surface area contributed by atoms with Crippen LogP contribution in [0.1, 0.15) is 110 Å². The lowest BCUT2D eigenvalue weighted by Gasteiger charge is -2.23. The molecule has 0 heterocycles. The van der Waals surface area contributed by atoms with Crippen molar-refractivity contribution in [3.63, 3.8) is 0 Å². The van der Waals surface area contributed by atoms with Crippen LogP contribution in [0.5, 0.6) is 0 Å². The van der Waals surface area contributed by atoms with Gasteiger partial charge in [-0.25, -0.2) is 0 Å². The third kappa shape index (κ3) is 17.2. The average Bonchev–Trinajstić information content (AvgIpc) is 2.69. The second-order valence-electron chi connectivity index (χ2n) is 8.04. The molecule has 0 aliphatic carbocycles. The van der Waals surface area contributed by atoms with E-state index in [2.05, 4.69) is 6.92 Å². The molecule has 0 aromatic heterocycles. The predicted molar refractivity (Wildman–Crippen MR) is 112 cm³/mol. The largest absolute Gasteiger partial charge is 0.464 e. The second-order valence-corrected chi connectivity index (χ2v) is 8.04. The van der Waals surface area contributed by atoms with Crippen LogP contribution >= 0.6 is 0 Å². The lowest BCUT2D eigenvalue weighted by Crippen LogP contribution is -2.51. The fourth-order valence-electron chi connectivity index (χ4n) is 3.08. The molecule has 4 N–H and O–H groups in total. The number of carbonyl (C=O) groups is 1. The SMILES string of the molecule is CCCCCCCCCCCCCCCCCC(=O)OCC(N)(CO)CO. The van der Waals surface area contributed by atoms with Gasteiger partial charge >= 0.3 is 5.97 Å². The van der Waals surface area contributed by atoms with E-state index in [9.17, 15) is 4.79 Å². The molecule has 0 aromatic carbocycles. The van der Waals surface area contributed by atoms with Crippen molar-refractivity contribution in [2.75, 3.05) is 19.8 Å². The number of carbonyl (C=O) groups excluding carboxylic acids is 1. The molecule has 0 amide bonds. The zero-order chi connectivity index (χ0) is 20.2. The Morgan fingerprint density at radius 1 is 0.741 bits per heavy atom. The van der Waals surface area contributed by atoms with Crippen LogP contribution in [0.25, 0.3) is 0 Å². The first-order valence-corrected chi connectivity index (χ1v) is 11.2. The van der Waals surface area contributed by atoms with Gasteiger partial charge in [-0.1, -0.05) is 96.8 Å². The lowest BCUT2D eigenvalue weighted by atomic mass is 10.0. The van der Waals surface area contributed by atoms with Gasteiger partial charge in [0.05, 0.1) is 18.8 Å². The number of unbranched alkanes of at least 4 members (excludes halogenated alkanes) is 14. The second kappa shape index (κ2) is 18.7. The first-order chi connectivity index (χ1) is 13.1. The fraction of sp³-hybridized carbons (Fsp3) is 0.955. The van der Waals surface area contributed by atoms with Crippen LogP contribution in [0, 0.1) is 0 Å². The molecule has 0 spiro atoms. The Morgan fingerprint density at radius 2 is 1.11 bits per heavy atom. The number of esters is 1. The summed E-state index contributed by atoms with van der Waals surface area (Å²) in [4.78, 5) is 11.6. The fourth-order valence-corrected chi connectivity index (χ4v) is 3.08. The maximum atomic E-state index is 11.6. The zero-order valence-electron chi connectivity index (χ0n) is 17.7. The van der Waals surface area contributed by atoms with E-state index in [0.717, 1.165) is 12.8 Å². The molecular weight excluding hydrogens is 342 g/mol. The summed E-state index contributed by atoms with van der Waals surface area (Å²) in [6.45, 7) is 1.31. The highest BCUT2D eigenvalue weighted by atomic mass is 16.5. The monoisotopic (exact) mass is 387 g/mol. The third-order valence-electron chi connectivity index (χ3n) is 5.13. The quantitative estimate of drug-likeness (QED) is 0.212. The van der Waals surface area contributed by atoms with Crippen LogP contribution in [0.3, 0.4) is 0 Å². The van der Waals surface area contributed by atoms with E-state index in [1.807, 2.05) is 0 Å². The molecule has 0 radical (unpaired) electrons. The Hall–Kier alpha value is -0.650. The van der Waals surface area contributed by atoms with Crippen LogP contribution < -0.4 is 5.73 Å². The summed E-state index contributed by atoms with van der Waals surface area (Å²) >= 11 is 0. The molecule has 27 heavy (non-hydrogen) atoms. The Balaban J connectivity index is 3.28. The topological polar surface area (TPSA) is 92.8 Å². The van der Waals surface area contributed by atoms with Gasteiger partial charge in [-0.05, 0) is 6.42 Å². The molecule has 0 bridgehead atoms. The van der Waals surface area contributed by atoms with Crippen molar-refractivity contribution < 1.29 is 19.7 Å². The molecule has 0 atom stereocenters. The number of ether oxygens (including phenoxy) is 1. The molecule has 0 aliphatic rings. The Bertz CT molecular complexity index is 332. The summed E-state index contributed by atoms with van der Waals surface area (Å²) in [5.74, 6) is -0.304. The maximum absolute atomic E-state index is 11.6. The predicted octanol–water partition coefficient (Wildman–Crippen LogP) is 4.47. The maximum Gasteiger partial charge on any atom is 0.305 e. The standard InChI is InChI=1S/C22H45NO4/c1-2-3-4-5-6-7-8-9-10-11-12-13-14-15-16-17-21(26)27-20-22(23,18-24)19-25/h24-25H,2-20,23H2,1H3. The molecule has 162 valence electrons. The van der Waals surface area contributed by atoms with E-state index in [4.69, 9.17) is 20.7 Å². The van der Waals surface area contributed by atoms with Gasteiger partial charge in [0, 0.05) is 6.42 Å². The summed E-state index contributed by atoms with van der Waals surface area (Å²) in [6, 6.07) is 0. The van der Waals surface area contributed by atoms with E-state index in [-0.39, 0.29) is 12.6 Å². The van der Waals surface area contributed by atoms with Crippen molar-refractivity contribution in [1.82, 2.24) is 0 Å². The molecule has 0 fully saturated rings. The van der Waals surface area contributed by atoms with Gasteiger partial charge < -0.3 is 20.7 Å². The van der Waals surface area contributed by atoms with E-state index < -0.39 is 18.8 Å². The van der Waals surface area contributed by atoms with Gasteiger partial charge in [0.15, 0.2) is 0 Å². The molecule has 0 saturated carbocycles. The number of aliphatic hydroxyl groups excluding tert-OH is 2. The number of hydrogen-bond acceptors (Lipinski definition) is 5. The first-order valence-electron chi connectivity index (χ1n) is 11.2. The molecule has 0 aromatic rings. The van der Waals surface area contributed by atoms with Crippen molar-refractivity contribution in [3.05, 3.63) is 0 Å². The molecule has 0 aliphatic heterocycles. The van der Waals surface area contributed by atoms with Gasteiger partial charge in [-0.15, -0.1) is 0 Å². The highest BCUT2D eigenvalue weighted by molar-refractivity contribution is 5.69. The number of hydrogen-bond donors (Lipinski definition) is 3. The van der Waals surface area contributed by atoms with Crippen molar-refractivity contribution >= 4 is 5.97 Å². The van der Waals surface area contributed by atoms with Gasteiger partial charge in [0.25, 0.3) is 0 Å². The molecule has 0 saturated heterocycles. The third-order valence-corrected chi connectivity index (χ3v) is 5.13. The number of nitrogens with two attached hydrogens (primary N) is 1. The van der Waals surface area contributed by atoms with Crippen LogP contribution in [0.4, 0.5) is 0 Å². The van der Waals surface area contributed by atoms with E-state index in [0.29, 0.717) is 6.42 Å². The highest BCUT2D eigenvalue weighted by Gasteiger charge is 2.25. The van der Waals surface area contributed by atoms with Crippen LogP contribution in [0.2, 0.25) is 0 Å². The summed E-state index contributed by atoms with van der Waals surface area (Å²) < 4.78 is 5.02. The van der Waals surface area contributed by atoms with Gasteiger partial charge in [-0.2, -0.15) is 0 Å². The summed E-state index contributed by atoms with van der Waals surface area (Å²) in [5.41, 5.74) is 4.42.